The van der Waals surface area contributed by atoms with Gasteiger partial charge >= 0.3 is 5.97 Å². The number of nitrogens with one attached hydrogen (secondary N) is 1. The van der Waals surface area contributed by atoms with Crippen molar-refractivity contribution >= 4 is 66.7 Å². The Balaban J connectivity index is 1.98. The molecule has 3 rings (SSSR count). The van der Waals surface area contributed by atoms with Crippen LogP contribution < -0.4 is 5.32 Å². The number of aromatic carboxylic acids is 1. The number of anilines is 1. The van der Waals surface area contributed by atoms with Crippen molar-refractivity contribution in [3.63, 3.8) is 0 Å². The topological polar surface area (TPSA) is 66.4 Å². The van der Waals surface area contributed by atoms with Crippen LogP contribution in [0.5, 0.6) is 0 Å². The van der Waals surface area contributed by atoms with Gasteiger partial charge in [-0.3, -0.25) is 4.79 Å². The number of halogens is 2. The van der Waals surface area contributed by atoms with Crippen molar-refractivity contribution in [1.82, 2.24) is 0 Å². The van der Waals surface area contributed by atoms with Crippen molar-refractivity contribution in [2.75, 3.05) is 5.32 Å². The summed E-state index contributed by atoms with van der Waals surface area (Å²) in [4.78, 5) is 24.3. The maximum Gasteiger partial charge on any atom is 0.339 e. The fourth-order valence-electron chi connectivity index (χ4n) is 2.32. The summed E-state index contributed by atoms with van der Waals surface area (Å²) in [5.74, 6) is -1.39. The molecule has 25 heavy (non-hydrogen) atoms. The zero-order valence-corrected chi connectivity index (χ0v) is 17.2. The van der Waals surface area contributed by atoms with Gasteiger partial charge in [-0.15, -0.1) is 11.3 Å². The molecule has 2 N–H and O–H groups in total. The first-order chi connectivity index (χ1) is 12.0. The van der Waals surface area contributed by atoms with E-state index in [4.69, 9.17) is 0 Å². The fourth-order valence-corrected chi connectivity index (χ4v) is 4.17. The normalized spacial score (nSPS) is 10.5. The summed E-state index contributed by atoms with van der Waals surface area (Å²) in [6.07, 6.45) is 0. The van der Waals surface area contributed by atoms with Crippen LogP contribution in [0.1, 0.15) is 20.7 Å². The van der Waals surface area contributed by atoms with Gasteiger partial charge in [0.15, 0.2) is 0 Å². The van der Waals surface area contributed by atoms with E-state index in [1.54, 1.807) is 17.5 Å². The van der Waals surface area contributed by atoms with E-state index < -0.39 is 5.97 Å². The molecule has 0 saturated heterocycles. The number of carbonyl (C=O) groups excluding carboxylic acids is 1. The van der Waals surface area contributed by atoms with Gasteiger partial charge in [0.25, 0.3) is 5.91 Å². The lowest BCUT2D eigenvalue weighted by molar-refractivity contribution is 0.0699. The average Bonchev–Trinajstić information content (AvgIpc) is 2.99. The molecule has 1 amide bonds. The summed E-state index contributed by atoms with van der Waals surface area (Å²) in [5.41, 5.74) is 1.99. The van der Waals surface area contributed by atoms with E-state index in [-0.39, 0.29) is 11.5 Å². The first kappa shape index (κ1) is 18.1. The van der Waals surface area contributed by atoms with Gasteiger partial charge < -0.3 is 10.4 Å². The number of hydrogen-bond donors (Lipinski definition) is 2. The second-order valence-corrected chi connectivity index (χ2v) is 8.06. The highest BCUT2D eigenvalue weighted by molar-refractivity contribution is 14.1. The third-order valence-corrected chi connectivity index (χ3v) is 5.87. The molecule has 0 bridgehead atoms. The second-order valence-electron chi connectivity index (χ2n) is 5.10. The maximum absolute atomic E-state index is 12.5. The van der Waals surface area contributed by atoms with Crippen LogP contribution in [0.4, 0.5) is 5.00 Å². The van der Waals surface area contributed by atoms with Gasteiger partial charge in [0.1, 0.15) is 10.6 Å². The molecular weight excluding hydrogens is 517 g/mol. The van der Waals surface area contributed by atoms with E-state index in [0.717, 1.165) is 13.6 Å². The van der Waals surface area contributed by atoms with Gasteiger partial charge in [-0.2, -0.15) is 0 Å². The summed E-state index contributed by atoms with van der Waals surface area (Å²) in [5, 5.41) is 14.4. The van der Waals surface area contributed by atoms with Crippen molar-refractivity contribution in [2.45, 2.75) is 0 Å². The molecule has 126 valence electrons. The van der Waals surface area contributed by atoms with Gasteiger partial charge in [-0.05, 0) is 52.4 Å². The molecule has 1 heterocycles. The number of carboxylic acids is 1. The summed E-state index contributed by atoms with van der Waals surface area (Å²) < 4.78 is 1.72. The predicted molar refractivity (Wildman–Crippen MR) is 112 cm³/mol. The summed E-state index contributed by atoms with van der Waals surface area (Å²) in [6, 6.07) is 14.5. The summed E-state index contributed by atoms with van der Waals surface area (Å²) >= 11 is 6.65. The average molecular weight is 528 g/mol. The van der Waals surface area contributed by atoms with Crippen LogP contribution in [-0.2, 0) is 0 Å². The van der Waals surface area contributed by atoms with Gasteiger partial charge in [-0.1, -0.05) is 40.2 Å². The van der Waals surface area contributed by atoms with E-state index in [0.29, 0.717) is 16.1 Å². The zero-order valence-electron chi connectivity index (χ0n) is 12.6. The molecule has 0 atom stereocenters. The van der Waals surface area contributed by atoms with Crippen LogP contribution >= 0.6 is 49.9 Å². The van der Waals surface area contributed by atoms with Crippen LogP contribution in [0, 0.1) is 3.57 Å². The lowest BCUT2D eigenvalue weighted by atomic mass is 10.0. The lowest BCUT2D eigenvalue weighted by Gasteiger charge is -2.07. The molecule has 7 heteroatoms. The number of amides is 1. The van der Waals surface area contributed by atoms with Crippen LogP contribution in [0.2, 0.25) is 0 Å². The molecular formula is C18H11BrINO3S. The third kappa shape index (κ3) is 3.94. The minimum atomic E-state index is -1.07. The van der Waals surface area contributed by atoms with E-state index in [1.807, 2.05) is 36.4 Å². The van der Waals surface area contributed by atoms with Crippen LogP contribution in [-0.4, -0.2) is 17.0 Å². The number of rotatable bonds is 4. The smallest absolute Gasteiger partial charge is 0.339 e. The Bertz CT molecular complexity index is 953. The minimum Gasteiger partial charge on any atom is -0.478 e. The minimum absolute atomic E-state index is 0.103. The first-order valence-corrected chi connectivity index (χ1v) is 9.89. The van der Waals surface area contributed by atoms with Gasteiger partial charge in [0.2, 0.25) is 0 Å². The second kappa shape index (κ2) is 7.67. The summed E-state index contributed by atoms with van der Waals surface area (Å²) in [6.45, 7) is 0. The number of thiophene rings is 1. The van der Waals surface area contributed by atoms with Crippen LogP contribution in [0.15, 0.2) is 58.4 Å². The Labute approximate surface area is 170 Å². The van der Waals surface area contributed by atoms with Crippen molar-refractivity contribution in [3.8, 4) is 11.1 Å². The number of carboxylic acid groups (broad SMARTS) is 1. The lowest BCUT2D eigenvalue weighted by Crippen LogP contribution is -2.14. The van der Waals surface area contributed by atoms with Crippen molar-refractivity contribution in [2.24, 2.45) is 0 Å². The Kier molecular flexibility index (Phi) is 5.55. The van der Waals surface area contributed by atoms with Gasteiger partial charge in [-0.25, -0.2) is 4.79 Å². The molecule has 0 aliphatic heterocycles. The Morgan fingerprint density at radius 2 is 1.76 bits per heavy atom. The highest BCUT2D eigenvalue weighted by Crippen LogP contribution is 2.36. The molecule has 0 unspecified atom stereocenters. The van der Waals surface area contributed by atoms with E-state index in [1.165, 1.54) is 11.3 Å². The zero-order chi connectivity index (χ0) is 18.0. The molecule has 0 spiro atoms. The Hall–Kier alpha value is -1.71. The standard InChI is InChI=1S/C18H11BrINO3S/c19-11-7-5-10(6-8-11)13-9-25-17(15(13)18(23)24)21-16(22)12-3-1-2-4-14(12)20/h1-9H,(H,21,22)(H,23,24). The highest BCUT2D eigenvalue weighted by atomic mass is 127. The van der Waals surface area contributed by atoms with Gasteiger partial charge in [0.05, 0.1) is 5.56 Å². The molecule has 4 nitrogen and oxygen atoms in total. The highest BCUT2D eigenvalue weighted by Gasteiger charge is 2.22. The third-order valence-electron chi connectivity index (χ3n) is 3.51. The molecule has 3 aromatic rings. The van der Waals surface area contributed by atoms with Crippen molar-refractivity contribution in [1.29, 1.82) is 0 Å². The molecule has 0 radical (unpaired) electrons. The van der Waals surface area contributed by atoms with Crippen molar-refractivity contribution < 1.29 is 14.7 Å². The Morgan fingerprint density at radius 1 is 1.08 bits per heavy atom. The van der Waals surface area contributed by atoms with Gasteiger partial charge in [0, 0.05) is 19.0 Å². The number of hydrogen-bond acceptors (Lipinski definition) is 3. The molecule has 0 aliphatic carbocycles. The number of benzene rings is 2. The fraction of sp³-hybridized carbons (Fsp3) is 0. The predicted octanol–water partition coefficient (Wildman–Crippen LogP) is 5.73. The quantitative estimate of drug-likeness (QED) is 0.426. The maximum atomic E-state index is 12.5. The van der Waals surface area contributed by atoms with E-state index in [2.05, 4.69) is 43.8 Å². The molecule has 0 aliphatic rings. The van der Waals surface area contributed by atoms with E-state index in [9.17, 15) is 14.7 Å². The molecule has 0 saturated carbocycles. The van der Waals surface area contributed by atoms with Crippen LogP contribution in [0.3, 0.4) is 0 Å². The first-order valence-electron chi connectivity index (χ1n) is 7.14. The monoisotopic (exact) mass is 527 g/mol. The Morgan fingerprint density at radius 3 is 2.40 bits per heavy atom. The van der Waals surface area contributed by atoms with Crippen molar-refractivity contribution in [3.05, 3.63) is 73.1 Å². The SMILES string of the molecule is O=C(Nc1scc(-c2ccc(Br)cc2)c1C(=O)O)c1ccccc1I. The van der Waals surface area contributed by atoms with E-state index >= 15 is 0 Å². The molecule has 2 aromatic carbocycles. The summed E-state index contributed by atoms with van der Waals surface area (Å²) in [7, 11) is 0. The largest absolute Gasteiger partial charge is 0.478 e. The molecule has 1 aromatic heterocycles. The number of carbonyl (C=O) groups is 2. The van der Waals surface area contributed by atoms with Crippen LogP contribution in [0.25, 0.3) is 11.1 Å². The molecule has 0 fully saturated rings.